The molecule has 0 bridgehead atoms. The van der Waals surface area contributed by atoms with Crippen molar-refractivity contribution in [1.29, 1.82) is 0 Å². The van der Waals surface area contributed by atoms with Crippen LogP contribution in [0.3, 0.4) is 0 Å². The molecule has 0 rings (SSSR count). The van der Waals surface area contributed by atoms with Crippen LogP contribution in [0.5, 0.6) is 0 Å². The molecule has 4 nitrogen and oxygen atoms in total. The van der Waals surface area contributed by atoms with E-state index < -0.39 is 0 Å². The van der Waals surface area contributed by atoms with Crippen LogP contribution in [0.15, 0.2) is 11.1 Å². The second-order valence-electron chi connectivity index (χ2n) is 4.01. The first kappa shape index (κ1) is 16.3. The number of hydrogen-bond acceptors (Lipinski definition) is 4. The maximum Gasteiger partial charge on any atom is 0.0619 e. The number of allylic oxidation sites excluding steroid dienone is 1. The number of ether oxygens (including phenoxy) is 1. The molecule has 100 valence electrons. The molecule has 0 saturated heterocycles. The number of rotatable bonds is 10. The fraction of sp³-hybridized carbons (Fsp3) is 0.846. The maximum atomic E-state index is 5.76. The van der Waals surface area contributed by atoms with Crippen LogP contribution in [0, 0.1) is 5.92 Å². The van der Waals surface area contributed by atoms with E-state index in [-0.39, 0.29) is 0 Å². The predicted molar refractivity (Wildman–Crippen MR) is 73.7 cm³/mol. The first-order valence-corrected chi connectivity index (χ1v) is 6.49. The minimum atomic E-state index is 0.370. The van der Waals surface area contributed by atoms with Crippen molar-refractivity contribution in [2.24, 2.45) is 16.6 Å². The summed E-state index contributed by atoms with van der Waals surface area (Å²) in [4.78, 5) is 4.20. The van der Waals surface area contributed by atoms with E-state index >= 15 is 0 Å². The molecular weight excluding hydrogens is 214 g/mol. The predicted octanol–water partition coefficient (Wildman–Crippen LogP) is 1.21. The van der Waals surface area contributed by atoms with Crippen LogP contribution in [0.4, 0.5) is 0 Å². The van der Waals surface area contributed by atoms with E-state index in [0.29, 0.717) is 18.5 Å². The Morgan fingerprint density at radius 1 is 1.47 bits per heavy atom. The third kappa shape index (κ3) is 9.07. The zero-order valence-electron chi connectivity index (χ0n) is 11.4. The molecule has 0 saturated carbocycles. The van der Waals surface area contributed by atoms with Gasteiger partial charge in [0.25, 0.3) is 0 Å². The Bertz CT molecular complexity index is 225. The van der Waals surface area contributed by atoms with Gasteiger partial charge in [-0.15, -0.1) is 0 Å². The zero-order chi connectivity index (χ0) is 12.9. The smallest absolute Gasteiger partial charge is 0.0619 e. The van der Waals surface area contributed by atoms with Gasteiger partial charge in [0.05, 0.1) is 13.2 Å². The Hall–Kier alpha value is -0.670. The van der Waals surface area contributed by atoms with Gasteiger partial charge < -0.3 is 15.8 Å². The van der Waals surface area contributed by atoms with Gasteiger partial charge in [-0.1, -0.05) is 6.92 Å². The van der Waals surface area contributed by atoms with Crippen molar-refractivity contribution in [3.63, 3.8) is 0 Å². The lowest BCUT2D eigenvalue weighted by Gasteiger charge is -2.22. The summed E-state index contributed by atoms with van der Waals surface area (Å²) in [6.07, 6.45) is 2.81. The van der Waals surface area contributed by atoms with Crippen molar-refractivity contribution in [2.75, 3.05) is 32.8 Å². The highest BCUT2D eigenvalue weighted by Gasteiger charge is 2.14. The monoisotopic (exact) mass is 241 g/mol. The summed E-state index contributed by atoms with van der Waals surface area (Å²) in [5.41, 5.74) is 5.76. The summed E-state index contributed by atoms with van der Waals surface area (Å²) in [7, 11) is 0. The Kier molecular flexibility index (Phi) is 11.3. The minimum absolute atomic E-state index is 0.370. The lowest BCUT2D eigenvalue weighted by Crippen LogP contribution is -2.37. The largest absolute Gasteiger partial charge is 0.380 e. The second-order valence-corrected chi connectivity index (χ2v) is 4.01. The Labute approximate surface area is 105 Å². The Morgan fingerprint density at radius 2 is 2.24 bits per heavy atom. The van der Waals surface area contributed by atoms with Crippen LogP contribution in [0.2, 0.25) is 0 Å². The van der Waals surface area contributed by atoms with Crippen LogP contribution in [-0.4, -0.2) is 44.8 Å². The molecular formula is C13H27N3O. The number of hydrogen-bond donors (Lipinski definition) is 2. The van der Waals surface area contributed by atoms with Crippen molar-refractivity contribution in [2.45, 2.75) is 33.2 Å². The summed E-state index contributed by atoms with van der Waals surface area (Å²) >= 11 is 0. The molecule has 17 heavy (non-hydrogen) atoms. The minimum Gasteiger partial charge on any atom is -0.380 e. The molecule has 2 unspecified atom stereocenters. The van der Waals surface area contributed by atoms with Gasteiger partial charge in [0.2, 0.25) is 0 Å². The molecule has 0 aromatic heterocycles. The van der Waals surface area contributed by atoms with Crippen molar-refractivity contribution < 1.29 is 4.74 Å². The van der Waals surface area contributed by atoms with Crippen molar-refractivity contribution >= 4 is 5.87 Å². The molecule has 0 spiro atoms. The number of nitrogens with one attached hydrogen (secondary N) is 1. The summed E-state index contributed by atoms with van der Waals surface area (Å²) in [6.45, 7) is 9.89. The molecule has 0 aromatic carbocycles. The zero-order valence-corrected chi connectivity index (χ0v) is 11.4. The maximum absolute atomic E-state index is 5.76. The van der Waals surface area contributed by atoms with E-state index in [1.807, 2.05) is 19.9 Å². The molecule has 0 aromatic rings. The van der Waals surface area contributed by atoms with Gasteiger partial charge >= 0.3 is 0 Å². The topological polar surface area (TPSA) is 59.6 Å². The quantitative estimate of drug-likeness (QED) is 0.565. The van der Waals surface area contributed by atoms with Gasteiger partial charge in [0, 0.05) is 12.6 Å². The van der Waals surface area contributed by atoms with Crippen molar-refractivity contribution in [3.05, 3.63) is 6.08 Å². The molecule has 0 aliphatic rings. The van der Waals surface area contributed by atoms with E-state index in [1.54, 1.807) is 0 Å². The first-order chi connectivity index (χ1) is 8.28. The summed E-state index contributed by atoms with van der Waals surface area (Å²) in [5, 5.41) is 3.42. The highest BCUT2D eigenvalue weighted by atomic mass is 16.5. The van der Waals surface area contributed by atoms with Gasteiger partial charge in [-0.2, -0.15) is 0 Å². The number of likely N-dealkylation sites (N-methyl/N-ethyl adjacent to an activating group) is 1. The highest BCUT2D eigenvalue weighted by Crippen LogP contribution is 2.07. The molecule has 0 heterocycles. The normalized spacial score (nSPS) is 13.9. The molecule has 0 amide bonds. The third-order valence-electron chi connectivity index (χ3n) is 2.54. The Morgan fingerprint density at radius 3 is 2.76 bits per heavy atom. The van der Waals surface area contributed by atoms with E-state index in [1.165, 1.54) is 0 Å². The molecule has 0 aliphatic carbocycles. The standard InChI is InChI=1S/C13H27N3O/c1-4-7-15-10-12(9-14)8-13(16-5-2)11-17-6-3/h4,12-13,16H,5-6,8-11,14H2,1-3H3. The van der Waals surface area contributed by atoms with Gasteiger partial charge in [-0.05, 0) is 51.2 Å². The van der Waals surface area contributed by atoms with Gasteiger partial charge in [0.15, 0.2) is 0 Å². The molecule has 0 radical (unpaired) electrons. The molecule has 0 aliphatic heterocycles. The van der Waals surface area contributed by atoms with E-state index in [9.17, 15) is 0 Å². The lowest BCUT2D eigenvalue weighted by atomic mass is 10.0. The van der Waals surface area contributed by atoms with E-state index in [0.717, 1.165) is 32.7 Å². The van der Waals surface area contributed by atoms with E-state index in [2.05, 4.69) is 23.1 Å². The fourth-order valence-electron chi connectivity index (χ4n) is 1.68. The number of nitrogens with two attached hydrogens (primary N) is 1. The number of aliphatic imine (C=N–C) groups is 1. The molecule has 3 N–H and O–H groups in total. The van der Waals surface area contributed by atoms with Crippen LogP contribution < -0.4 is 11.1 Å². The van der Waals surface area contributed by atoms with Crippen molar-refractivity contribution in [1.82, 2.24) is 5.32 Å². The van der Waals surface area contributed by atoms with Crippen LogP contribution >= 0.6 is 0 Å². The third-order valence-corrected chi connectivity index (χ3v) is 2.54. The van der Waals surface area contributed by atoms with Crippen LogP contribution in [0.1, 0.15) is 27.2 Å². The summed E-state index contributed by atoms with van der Waals surface area (Å²) in [6, 6.07) is 0.370. The average Bonchev–Trinajstić information content (AvgIpc) is 2.35. The second kappa shape index (κ2) is 11.8. The van der Waals surface area contributed by atoms with E-state index in [4.69, 9.17) is 10.5 Å². The Balaban J connectivity index is 4.11. The van der Waals surface area contributed by atoms with Gasteiger partial charge in [0.1, 0.15) is 0 Å². The van der Waals surface area contributed by atoms with Crippen LogP contribution in [-0.2, 0) is 4.74 Å². The van der Waals surface area contributed by atoms with Gasteiger partial charge in [-0.3, -0.25) is 0 Å². The van der Waals surface area contributed by atoms with Crippen molar-refractivity contribution in [3.8, 4) is 0 Å². The molecule has 2 atom stereocenters. The molecule has 0 fully saturated rings. The highest BCUT2D eigenvalue weighted by molar-refractivity contribution is 5.50. The lowest BCUT2D eigenvalue weighted by molar-refractivity contribution is 0.115. The fourth-order valence-corrected chi connectivity index (χ4v) is 1.68. The van der Waals surface area contributed by atoms with Crippen LogP contribution in [0.25, 0.3) is 0 Å². The SMILES string of the molecule is CC=C=NCC(CN)CC(COCC)NCC. The molecule has 4 heteroatoms. The van der Waals surface area contributed by atoms with Gasteiger partial charge in [-0.25, -0.2) is 4.99 Å². The summed E-state index contributed by atoms with van der Waals surface area (Å²) in [5.74, 6) is 3.25. The number of nitrogens with zero attached hydrogens (tertiary/aromatic N) is 1. The average molecular weight is 241 g/mol. The summed E-state index contributed by atoms with van der Waals surface area (Å²) < 4.78 is 5.46. The first-order valence-electron chi connectivity index (χ1n) is 6.49.